The van der Waals surface area contributed by atoms with Gasteiger partial charge in [0.05, 0.1) is 23.1 Å². The largest absolute Gasteiger partial charge is 0.342 e. The lowest BCUT2D eigenvalue weighted by molar-refractivity contribution is -0.133. The molecule has 4 rings (SSSR count). The summed E-state index contributed by atoms with van der Waals surface area (Å²) in [5.74, 6) is -0.467. The number of nitrogens with zero attached hydrogens (tertiary/aromatic N) is 3. The Bertz CT molecular complexity index is 1090. The van der Waals surface area contributed by atoms with Gasteiger partial charge in [-0.25, -0.2) is 17.9 Å². The summed E-state index contributed by atoms with van der Waals surface area (Å²) in [5.41, 5.74) is 1.92. The van der Waals surface area contributed by atoms with Gasteiger partial charge in [-0.05, 0) is 12.8 Å². The van der Waals surface area contributed by atoms with Crippen LogP contribution in [0.5, 0.6) is 0 Å². The Hall–Kier alpha value is -2.16. The molecular formula is C19H26N4O4S. The van der Waals surface area contributed by atoms with Gasteiger partial charge >= 0.3 is 0 Å². The molecule has 28 heavy (non-hydrogen) atoms. The van der Waals surface area contributed by atoms with Crippen molar-refractivity contribution >= 4 is 21.4 Å². The van der Waals surface area contributed by atoms with Crippen molar-refractivity contribution in [1.82, 2.24) is 19.5 Å². The maximum Gasteiger partial charge on any atom is 0.272 e. The number of hydrogen-bond donors (Lipinski definition) is 1. The fourth-order valence-corrected chi connectivity index (χ4v) is 5.79. The summed E-state index contributed by atoms with van der Waals surface area (Å²) in [6, 6.07) is 3.43. The fourth-order valence-electron chi connectivity index (χ4n) is 4.05. The van der Waals surface area contributed by atoms with E-state index in [4.69, 9.17) is 0 Å². The predicted molar refractivity (Wildman–Crippen MR) is 105 cm³/mol. The second kappa shape index (κ2) is 6.43. The van der Waals surface area contributed by atoms with Crippen LogP contribution in [0.3, 0.4) is 0 Å². The van der Waals surface area contributed by atoms with Crippen molar-refractivity contribution in [2.75, 3.05) is 24.6 Å². The van der Waals surface area contributed by atoms with E-state index in [9.17, 15) is 18.0 Å². The first-order valence-corrected chi connectivity index (χ1v) is 11.5. The quantitative estimate of drug-likeness (QED) is 0.803. The van der Waals surface area contributed by atoms with Crippen molar-refractivity contribution < 1.29 is 13.2 Å². The summed E-state index contributed by atoms with van der Waals surface area (Å²) in [5, 5.41) is 3.11. The highest BCUT2D eigenvalue weighted by Crippen LogP contribution is 2.29. The lowest BCUT2D eigenvalue weighted by Crippen LogP contribution is -2.35. The number of H-pyrrole nitrogens is 1. The van der Waals surface area contributed by atoms with Gasteiger partial charge in [0.15, 0.2) is 15.5 Å². The monoisotopic (exact) mass is 406 g/mol. The van der Waals surface area contributed by atoms with E-state index >= 15 is 0 Å². The van der Waals surface area contributed by atoms with Crippen molar-refractivity contribution in [3.05, 3.63) is 33.9 Å². The van der Waals surface area contributed by atoms with Crippen LogP contribution in [0.25, 0.3) is 5.65 Å². The molecule has 0 spiro atoms. The molecule has 9 heteroatoms. The summed E-state index contributed by atoms with van der Waals surface area (Å²) in [4.78, 5) is 31.6. The third-order valence-corrected chi connectivity index (χ3v) is 7.55. The van der Waals surface area contributed by atoms with E-state index in [2.05, 4.69) is 30.9 Å². The van der Waals surface area contributed by atoms with Gasteiger partial charge in [0, 0.05) is 42.2 Å². The van der Waals surface area contributed by atoms with Crippen LogP contribution in [-0.2, 0) is 20.0 Å². The number of carbonyl (C=O) groups excluding carboxylic acids is 1. The standard InChI is InChI=1S/C19H26N4O4S/c1-19(2,3)15-9-16-20-14(8-17(24)23(16)21-15)12-4-6-22(10-12)18(25)13-5-7-28(26,27)11-13/h8-9,12-13,21H,4-7,10-11H2,1-3H3. The number of likely N-dealkylation sites (tertiary alicyclic amines) is 1. The van der Waals surface area contributed by atoms with Crippen LogP contribution in [0.2, 0.25) is 0 Å². The molecule has 0 bridgehead atoms. The van der Waals surface area contributed by atoms with Crippen LogP contribution in [0.15, 0.2) is 16.9 Å². The molecule has 8 nitrogen and oxygen atoms in total. The van der Waals surface area contributed by atoms with Gasteiger partial charge in [0.1, 0.15) is 0 Å². The Balaban J connectivity index is 1.55. The maximum atomic E-state index is 12.7. The van der Waals surface area contributed by atoms with Gasteiger partial charge in [0.2, 0.25) is 5.91 Å². The molecule has 152 valence electrons. The lowest BCUT2D eigenvalue weighted by atomic mass is 9.93. The van der Waals surface area contributed by atoms with Gasteiger partial charge in [-0.15, -0.1) is 0 Å². The highest BCUT2D eigenvalue weighted by atomic mass is 32.2. The Morgan fingerprint density at radius 1 is 1.25 bits per heavy atom. The van der Waals surface area contributed by atoms with Gasteiger partial charge in [-0.1, -0.05) is 20.8 Å². The summed E-state index contributed by atoms with van der Waals surface area (Å²) in [7, 11) is -3.08. The normalized spacial score (nSPS) is 24.9. The molecule has 0 radical (unpaired) electrons. The Labute approximate surface area is 163 Å². The Kier molecular flexibility index (Phi) is 4.41. The third kappa shape index (κ3) is 3.47. The molecule has 2 aliphatic heterocycles. The molecule has 0 saturated carbocycles. The molecule has 2 saturated heterocycles. The summed E-state index contributed by atoms with van der Waals surface area (Å²) < 4.78 is 24.8. The van der Waals surface area contributed by atoms with Crippen molar-refractivity contribution in [1.29, 1.82) is 0 Å². The van der Waals surface area contributed by atoms with Crippen LogP contribution in [0.1, 0.15) is 50.9 Å². The molecule has 2 fully saturated rings. The highest BCUT2D eigenvalue weighted by molar-refractivity contribution is 7.91. The van der Waals surface area contributed by atoms with E-state index in [1.165, 1.54) is 10.6 Å². The lowest BCUT2D eigenvalue weighted by Gasteiger charge is -2.19. The van der Waals surface area contributed by atoms with E-state index < -0.39 is 15.8 Å². The number of aromatic nitrogens is 3. The third-order valence-electron chi connectivity index (χ3n) is 5.78. The van der Waals surface area contributed by atoms with Crippen molar-refractivity contribution in [2.24, 2.45) is 5.92 Å². The molecule has 2 unspecified atom stereocenters. The second-order valence-electron chi connectivity index (χ2n) is 9.00. The minimum atomic E-state index is -3.08. The minimum Gasteiger partial charge on any atom is -0.342 e. The van der Waals surface area contributed by atoms with E-state index in [-0.39, 0.29) is 34.3 Å². The average molecular weight is 407 g/mol. The number of sulfone groups is 1. The zero-order chi connectivity index (χ0) is 20.3. The Morgan fingerprint density at radius 3 is 2.64 bits per heavy atom. The van der Waals surface area contributed by atoms with Crippen LogP contribution in [0, 0.1) is 5.92 Å². The van der Waals surface area contributed by atoms with Gasteiger partial charge in [0.25, 0.3) is 5.56 Å². The topological polar surface area (TPSA) is 105 Å². The van der Waals surface area contributed by atoms with E-state index in [0.29, 0.717) is 30.9 Å². The number of amides is 1. The number of hydrogen-bond acceptors (Lipinski definition) is 5. The maximum absolute atomic E-state index is 12.7. The number of rotatable bonds is 2. The first-order valence-electron chi connectivity index (χ1n) is 9.66. The van der Waals surface area contributed by atoms with Crippen LogP contribution >= 0.6 is 0 Å². The molecule has 2 aromatic heterocycles. The zero-order valence-corrected chi connectivity index (χ0v) is 17.3. The molecule has 0 aromatic carbocycles. The Morgan fingerprint density at radius 2 is 2.00 bits per heavy atom. The average Bonchev–Trinajstić information content (AvgIpc) is 3.30. The minimum absolute atomic E-state index is 0.00681. The van der Waals surface area contributed by atoms with Gasteiger partial charge in [-0.2, -0.15) is 0 Å². The summed E-state index contributed by atoms with van der Waals surface area (Å²) in [6.07, 6.45) is 1.14. The summed E-state index contributed by atoms with van der Waals surface area (Å²) in [6.45, 7) is 7.24. The molecule has 1 amide bonds. The van der Waals surface area contributed by atoms with Gasteiger partial charge < -0.3 is 4.90 Å². The molecule has 0 aliphatic carbocycles. The van der Waals surface area contributed by atoms with E-state index in [1.54, 1.807) is 4.90 Å². The zero-order valence-electron chi connectivity index (χ0n) is 16.4. The molecule has 1 N–H and O–H groups in total. The highest BCUT2D eigenvalue weighted by Gasteiger charge is 2.38. The number of nitrogens with one attached hydrogen (secondary N) is 1. The van der Waals surface area contributed by atoms with E-state index in [0.717, 1.165) is 12.1 Å². The van der Waals surface area contributed by atoms with E-state index in [1.807, 2.05) is 6.07 Å². The predicted octanol–water partition coefficient (Wildman–Crippen LogP) is 1.07. The van der Waals surface area contributed by atoms with Crippen LogP contribution in [-0.4, -0.2) is 58.4 Å². The molecule has 4 heterocycles. The summed E-state index contributed by atoms with van der Waals surface area (Å²) >= 11 is 0. The second-order valence-corrected chi connectivity index (χ2v) is 11.2. The number of aromatic amines is 1. The number of fused-ring (bicyclic) bond motifs is 1. The first kappa shape index (κ1) is 19.2. The molecular weight excluding hydrogens is 380 g/mol. The molecule has 2 aromatic rings. The van der Waals surface area contributed by atoms with Crippen LogP contribution in [0.4, 0.5) is 0 Å². The van der Waals surface area contributed by atoms with Crippen molar-refractivity contribution in [2.45, 2.75) is 44.9 Å². The first-order chi connectivity index (χ1) is 13.0. The smallest absolute Gasteiger partial charge is 0.272 e. The van der Waals surface area contributed by atoms with Gasteiger partial charge in [-0.3, -0.25) is 14.7 Å². The molecule has 2 atom stereocenters. The SMILES string of the molecule is CC(C)(C)c1cc2nc(C3CCN(C(=O)C4CCS(=O)(=O)C4)C3)cc(=O)n2[nH]1. The fraction of sp³-hybridized carbons (Fsp3) is 0.632. The number of carbonyl (C=O) groups is 1. The van der Waals surface area contributed by atoms with Crippen LogP contribution < -0.4 is 5.56 Å². The molecule has 2 aliphatic rings. The van der Waals surface area contributed by atoms with Crippen molar-refractivity contribution in [3.63, 3.8) is 0 Å². The van der Waals surface area contributed by atoms with Crippen molar-refractivity contribution in [3.8, 4) is 0 Å².